The van der Waals surface area contributed by atoms with E-state index in [0.29, 0.717) is 11.6 Å². The molecule has 0 amide bonds. The lowest BCUT2D eigenvalue weighted by Gasteiger charge is -2.33. The van der Waals surface area contributed by atoms with E-state index in [2.05, 4.69) is 36.7 Å². The van der Waals surface area contributed by atoms with Gasteiger partial charge >= 0.3 is 0 Å². The van der Waals surface area contributed by atoms with Crippen LogP contribution in [-0.4, -0.2) is 20.5 Å². The van der Waals surface area contributed by atoms with Gasteiger partial charge in [0.1, 0.15) is 12.4 Å². The van der Waals surface area contributed by atoms with Crippen LogP contribution in [0.15, 0.2) is 16.6 Å². The molecule has 2 nitrogen and oxygen atoms in total. The summed E-state index contributed by atoms with van der Waals surface area (Å²) in [5, 5.41) is 0.660. The van der Waals surface area contributed by atoms with Gasteiger partial charge in [0.05, 0.1) is 10.6 Å². The Balaban J connectivity index is 2.05. The molecule has 1 aromatic rings. The van der Waals surface area contributed by atoms with E-state index < -0.39 is 8.32 Å². The van der Waals surface area contributed by atoms with Gasteiger partial charge in [-0.15, -0.1) is 0 Å². The van der Waals surface area contributed by atoms with Crippen molar-refractivity contribution in [2.24, 2.45) is 0 Å². The number of ether oxygens (including phenoxy) is 1. The second-order valence-electron chi connectivity index (χ2n) is 6.35. The smallest absolute Gasteiger partial charge is 0.193 e. The molecule has 0 saturated heterocycles. The predicted octanol–water partition coefficient (Wildman–Crippen LogP) is 6.34. The van der Waals surface area contributed by atoms with Crippen LogP contribution in [0, 0.1) is 6.92 Å². The molecule has 2 rings (SSSR count). The largest absolute Gasteiger partial charge is 0.489 e. The molecule has 0 heterocycles. The van der Waals surface area contributed by atoms with Crippen LogP contribution in [0.4, 0.5) is 0 Å². The van der Waals surface area contributed by atoms with E-state index in [4.69, 9.17) is 20.8 Å². The standard InChI is InChI=1S/C17H26BrClO2Si/c1-5-22(6-2,7-3)21-17(8-9-17)12-20-16-13(4)10-14(18)11-15(16)19/h10-11H,5-9,12H2,1-4H3. The second-order valence-corrected chi connectivity index (χ2v) is 12.4. The monoisotopic (exact) mass is 404 g/mol. The number of benzene rings is 1. The molecular weight excluding hydrogens is 380 g/mol. The summed E-state index contributed by atoms with van der Waals surface area (Å²) in [6, 6.07) is 7.46. The van der Waals surface area contributed by atoms with Crippen molar-refractivity contribution in [3.63, 3.8) is 0 Å². The van der Waals surface area contributed by atoms with Crippen LogP contribution in [-0.2, 0) is 4.43 Å². The zero-order valence-corrected chi connectivity index (χ0v) is 17.3. The molecule has 1 aliphatic rings. The minimum atomic E-state index is -1.59. The zero-order chi connectivity index (χ0) is 16.4. The summed E-state index contributed by atoms with van der Waals surface area (Å²) in [6.45, 7) is 9.45. The van der Waals surface area contributed by atoms with Gasteiger partial charge in [0.15, 0.2) is 8.32 Å². The molecule has 1 aliphatic carbocycles. The molecule has 22 heavy (non-hydrogen) atoms. The van der Waals surface area contributed by atoms with Crippen molar-refractivity contribution in [3.05, 3.63) is 27.2 Å². The molecule has 0 atom stereocenters. The predicted molar refractivity (Wildman–Crippen MR) is 99.6 cm³/mol. The van der Waals surface area contributed by atoms with Crippen LogP contribution in [0.5, 0.6) is 5.75 Å². The fourth-order valence-corrected chi connectivity index (χ4v) is 7.06. The maximum atomic E-state index is 6.67. The summed E-state index contributed by atoms with van der Waals surface area (Å²) in [4.78, 5) is 0. The van der Waals surface area contributed by atoms with Gasteiger partial charge in [0.25, 0.3) is 0 Å². The van der Waals surface area contributed by atoms with Gasteiger partial charge in [0.2, 0.25) is 0 Å². The molecule has 0 aliphatic heterocycles. The first-order valence-corrected chi connectivity index (χ1v) is 11.9. The van der Waals surface area contributed by atoms with Crippen LogP contribution in [0.2, 0.25) is 23.2 Å². The molecule has 0 radical (unpaired) electrons. The molecule has 1 saturated carbocycles. The highest BCUT2D eigenvalue weighted by molar-refractivity contribution is 9.10. The average Bonchev–Trinajstić information content (AvgIpc) is 3.24. The van der Waals surface area contributed by atoms with E-state index in [9.17, 15) is 0 Å². The highest BCUT2D eigenvalue weighted by atomic mass is 79.9. The van der Waals surface area contributed by atoms with Crippen molar-refractivity contribution in [1.29, 1.82) is 0 Å². The summed E-state index contributed by atoms with van der Waals surface area (Å²) < 4.78 is 13.7. The molecule has 124 valence electrons. The van der Waals surface area contributed by atoms with E-state index in [1.54, 1.807) is 0 Å². The van der Waals surface area contributed by atoms with Crippen LogP contribution in [0.25, 0.3) is 0 Å². The van der Waals surface area contributed by atoms with Crippen LogP contribution in [0.3, 0.4) is 0 Å². The Labute approximate surface area is 148 Å². The van der Waals surface area contributed by atoms with Crippen LogP contribution < -0.4 is 4.74 Å². The highest BCUT2D eigenvalue weighted by Gasteiger charge is 2.50. The molecule has 0 spiro atoms. The Morgan fingerprint density at radius 3 is 2.23 bits per heavy atom. The van der Waals surface area contributed by atoms with Gasteiger partial charge in [-0.05, 0) is 55.6 Å². The summed E-state index contributed by atoms with van der Waals surface area (Å²) in [7, 11) is -1.59. The molecular formula is C17H26BrClO2Si. The minimum absolute atomic E-state index is 0.0584. The van der Waals surface area contributed by atoms with Gasteiger partial charge in [-0.1, -0.05) is 48.3 Å². The third-order valence-corrected chi connectivity index (χ3v) is 10.3. The Hall–Kier alpha value is -0.0331. The molecule has 0 aromatic heterocycles. The summed E-state index contributed by atoms with van der Waals surface area (Å²) in [6.07, 6.45) is 2.21. The van der Waals surface area contributed by atoms with Gasteiger partial charge < -0.3 is 9.16 Å². The number of aryl methyl sites for hydroxylation is 1. The number of rotatable bonds is 8. The summed E-state index contributed by atoms with van der Waals surface area (Å²) >= 11 is 9.77. The molecule has 0 N–H and O–H groups in total. The Morgan fingerprint density at radius 1 is 1.18 bits per heavy atom. The first kappa shape index (κ1) is 18.3. The fourth-order valence-electron chi connectivity index (χ4n) is 2.92. The molecule has 5 heteroatoms. The molecule has 1 aromatic carbocycles. The maximum absolute atomic E-state index is 6.67. The first-order valence-electron chi connectivity index (χ1n) is 8.18. The number of hydrogen-bond donors (Lipinski definition) is 0. The fraction of sp³-hybridized carbons (Fsp3) is 0.647. The third kappa shape index (κ3) is 4.08. The zero-order valence-electron chi connectivity index (χ0n) is 14.0. The SMILES string of the molecule is CC[Si](CC)(CC)OC1(COc2c(C)cc(Br)cc2Cl)CC1. The van der Waals surface area contributed by atoms with Crippen molar-refractivity contribution in [1.82, 2.24) is 0 Å². The van der Waals surface area contributed by atoms with E-state index in [0.717, 1.165) is 28.6 Å². The lowest BCUT2D eigenvalue weighted by molar-refractivity contribution is 0.0968. The van der Waals surface area contributed by atoms with Crippen molar-refractivity contribution < 1.29 is 9.16 Å². The van der Waals surface area contributed by atoms with Gasteiger partial charge in [0, 0.05) is 4.47 Å². The molecule has 0 unspecified atom stereocenters. The van der Waals surface area contributed by atoms with Gasteiger partial charge in [-0.3, -0.25) is 0 Å². The minimum Gasteiger partial charge on any atom is -0.489 e. The summed E-state index contributed by atoms with van der Waals surface area (Å²) in [5.74, 6) is 0.788. The first-order chi connectivity index (χ1) is 10.4. The Bertz CT molecular complexity index is 496. The third-order valence-electron chi connectivity index (χ3n) is 4.85. The average molecular weight is 406 g/mol. The maximum Gasteiger partial charge on any atom is 0.193 e. The lowest BCUT2D eigenvalue weighted by atomic mass is 10.2. The van der Waals surface area contributed by atoms with Gasteiger partial charge in [-0.25, -0.2) is 0 Å². The summed E-state index contributed by atoms with van der Waals surface area (Å²) in [5.41, 5.74) is 0.997. The second kappa shape index (κ2) is 7.25. The van der Waals surface area contributed by atoms with Crippen molar-refractivity contribution in [2.45, 2.75) is 64.3 Å². The van der Waals surface area contributed by atoms with E-state index in [1.165, 1.54) is 18.1 Å². The van der Waals surface area contributed by atoms with E-state index >= 15 is 0 Å². The van der Waals surface area contributed by atoms with Crippen LogP contribution >= 0.6 is 27.5 Å². The number of halogens is 2. The quantitative estimate of drug-likeness (QED) is 0.469. The normalized spacial score (nSPS) is 16.6. The Morgan fingerprint density at radius 2 is 1.77 bits per heavy atom. The van der Waals surface area contributed by atoms with E-state index in [1.807, 2.05) is 19.1 Å². The van der Waals surface area contributed by atoms with Crippen molar-refractivity contribution in [2.75, 3.05) is 6.61 Å². The lowest BCUT2D eigenvalue weighted by Crippen LogP contribution is -2.43. The van der Waals surface area contributed by atoms with Gasteiger partial charge in [-0.2, -0.15) is 0 Å². The van der Waals surface area contributed by atoms with Crippen molar-refractivity contribution >= 4 is 35.8 Å². The van der Waals surface area contributed by atoms with Crippen molar-refractivity contribution in [3.8, 4) is 5.75 Å². The number of hydrogen-bond acceptors (Lipinski definition) is 2. The highest BCUT2D eigenvalue weighted by Crippen LogP contribution is 2.45. The van der Waals surface area contributed by atoms with Crippen LogP contribution in [0.1, 0.15) is 39.2 Å². The topological polar surface area (TPSA) is 18.5 Å². The van der Waals surface area contributed by atoms with E-state index in [-0.39, 0.29) is 5.60 Å². The molecule has 1 fully saturated rings. The molecule has 0 bridgehead atoms. The Kier molecular flexibility index (Phi) is 6.03.